The quantitative estimate of drug-likeness (QED) is 0.428. The van der Waals surface area contributed by atoms with Crippen molar-refractivity contribution < 1.29 is 9.53 Å². The van der Waals surface area contributed by atoms with Crippen molar-refractivity contribution in [2.45, 2.75) is 6.92 Å². The normalized spacial score (nSPS) is 10.7. The molecule has 7 nitrogen and oxygen atoms in total. The molecule has 2 heterocycles. The van der Waals surface area contributed by atoms with Crippen LogP contribution in [0.1, 0.15) is 21.7 Å². The van der Waals surface area contributed by atoms with Gasteiger partial charge < -0.3 is 10.5 Å². The van der Waals surface area contributed by atoms with Crippen LogP contribution in [0.5, 0.6) is 0 Å². The summed E-state index contributed by atoms with van der Waals surface area (Å²) in [7, 11) is 1.32. The molecule has 0 unspecified atom stereocenters. The molecule has 0 amide bonds. The van der Waals surface area contributed by atoms with Crippen molar-refractivity contribution in [3.8, 4) is 22.9 Å². The maximum absolute atomic E-state index is 11.8. The number of benzene rings is 2. The number of hydrogen-bond acceptors (Lipinski definition) is 6. The summed E-state index contributed by atoms with van der Waals surface area (Å²) < 4.78 is 6.55. The van der Waals surface area contributed by atoms with Crippen molar-refractivity contribution in [3.05, 3.63) is 71.7 Å². The van der Waals surface area contributed by atoms with Crippen molar-refractivity contribution in [2.75, 3.05) is 12.8 Å². The van der Waals surface area contributed by atoms with Gasteiger partial charge in [-0.25, -0.2) is 14.5 Å². The summed E-state index contributed by atoms with van der Waals surface area (Å²) in [6, 6.07) is 16.6. The van der Waals surface area contributed by atoms with Crippen LogP contribution in [0.2, 0.25) is 0 Å². The molecule has 0 fully saturated rings. The predicted octanol–water partition coefficient (Wildman–Crippen LogP) is 3.64. The second-order valence-electron chi connectivity index (χ2n) is 6.50. The Hall–Kier alpha value is -4.18. The van der Waals surface area contributed by atoms with Crippen LogP contribution >= 0.6 is 0 Å². The summed E-state index contributed by atoms with van der Waals surface area (Å²) in [5, 5.41) is 14.6. The highest BCUT2D eigenvalue weighted by Crippen LogP contribution is 2.32. The average molecular weight is 383 g/mol. The zero-order valence-corrected chi connectivity index (χ0v) is 15.9. The first kappa shape index (κ1) is 18.2. The Balaban J connectivity index is 1.87. The minimum absolute atomic E-state index is 0.314. The smallest absolute Gasteiger partial charge is 0.339 e. The Morgan fingerprint density at radius 1 is 1.21 bits per heavy atom. The second-order valence-corrected chi connectivity index (χ2v) is 6.50. The van der Waals surface area contributed by atoms with Crippen molar-refractivity contribution in [2.24, 2.45) is 0 Å². The third-order valence-electron chi connectivity index (χ3n) is 4.76. The number of anilines is 1. The molecular formula is C22H17N5O2. The van der Waals surface area contributed by atoms with Crippen LogP contribution in [0.25, 0.3) is 27.7 Å². The lowest BCUT2D eigenvalue weighted by Gasteiger charge is -2.09. The van der Waals surface area contributed by atoms with Crippen molar-refractivity contribution in [3.63, 3.8) is 0 Å². The van der Waals surface area contributed by atoms with Crippen LogP contribution in [0.4, 0.5) is 5.69 Å². The van der Waals surface area contributed by atoms with Gasteiger partial charge in [0.15, 0.2) is 0 Å². The molecule has 2 aromatic heterocycles. The minimum atomic E-state index is -0.480. The number of ether oxygens (including phenoxy) is 1. The van der Waals surface area contributed by atoms with Gasteiger partial charge in [0.2, 0.25) is 0 Å². The third-order valence-corrected chi connectivity index (χ3v) is 4.76. The molecule has 4 rings (SSSR count). The lowest BCUT2D eigenvalue weighted by Crippen LogP contribution is -2.07. The number of pyridine rings is 1. The summed E-state index contributed by atoms with van der Waals surface area (Å²) in [4.78, 5) is 16.0. The molecule has 2 N–H and O–H groups in total. The maximum atomic E-state index is 11.8. The number of methoxy groups -OCH3 is 1. The lowest BCUT2D eigenvalue weighted by molar-refractivity contribution is 0.0602. The Bertz CT molecular complexity index is 1280. The number of rotatable bonds is 3. The molecule has 29 heavy (non-hydrogen) atoms. The van der Waals surface area contributed by atoms with Gasteiger partial charge in [0.25, 0.3) is 0 Å². The number of nitrogens with two attached hydrogens (primary N) is 1. The summed E-state index contributed by atoms with van der Waals surface area (Å²) in [6.45, 7) is 1.94. The fourth-order valence-corrected chi connectivity index (χ4v) is 3.39. The van der Waals surface area contributed by atoms with Crippen LogP contribution in [-0.4, -0.2) is 27.8 Å². The van der Waals surface area contributed by atoms with E-state index < -0.39 is 5.97 Å². The Labute approximate surface area is 167 Å². The molecular weight excluding hydrogens is 366 g/mol. The SMILES string of the molecule is COC(=O)c1ccc(-n2nc(C)c3c(-c4ccc(C#N)nc4)cccc32)cc1N. The van der Waals surface area contributed by atoms with E-state index in [9.17, 15) is 4.79 Å². The molecule has 0 spiro atoms. The molecule has 0 saturated heterocycles. The standard InChI is InChI=1S/C22H17N5O2/c1-13-21-17(14-6-7-15(11-23)25-12-14)4-3-5-20(21)27(26-13)16-8-9-18(19(24)10-16)22(28)29-2/h3-10,12H,24H2,1-2H3. The Morgan fingerprint density at radius 2 is 2.03 bits per heavy atom. The van der Waals surface area contributed by atoms with Gasteiger partial charge in [-0.2, -0.15) is 10.4 Å². The van der Waals surface area contributed by atoms with Gasteiger partial charge in [-0.1, -0.05) is 12.1 Å². The Kier molecular flexibility index (Phi) is 4.45. The molecule has 2 aromatic carbocycles. The summed E-state index contributed by atoms with van der Waals surface area (Å²) in [5.41, 5.74) is 11.4. The van der Waals surface area contributed by atoms with E-state index in [4.69, 9.17) is 15.7 Å². The van der Waals surface area contributed by atoms with E-state index in [1.165, 1.54) is 7.11 Å². The molecule has 7 heteroatoms. The molecule has 0 bridgehead atoms. The zero-order chi connectivity index (χ0) is 20.5. The van der Waals surface area contributed by atoms with Crippen LogP contribution in [0.3, 0.4) is 0 Å². The number of nitriles is 1. The first-order chi connectivity index (χ1) is 14.0. The van der Waals surface area contributed by atoms with E-state index in [0.29, 0.717) is 16.9 Å². The number of hydrogen-bond donors (Lipinski definition) is 1. The van der Waals surface area contributed by atoms with E-state index in [0.717, 1.165) is 33.4 Å². The average Bonchev–Trinajstić information content (AvgIpc) is 3.10. The Morgan fingerprint density at radius 3 is 2.69 bits per heavy atom. The number of esters is 1. The van der Waals surface area contributed by atoms with E-state index in [-0.39, 0.29) is 0 Å². The van der Waals surface area contributed by atoms with Crippen LogP contribution in [-0.2, 0) is 4.74 Å². The molecule has 0 aliphatic heterocycles. The largest absolute Gasteiger partial charge is 0.465 e. The number of aryl methyl sites for hydroxylation is 1. The summed E-state index contributed by atoms with van der Waals surface area (Å²) in [5.74, 6) is -0.480. The fraction of sp³-hybridized carbons (Fsp3) is 0.0909. The van der Waals surface area contributed by atoms with Gasteiger partial charge in [-0.05, 0) is 48.9 Å². The molecule has 4 aromatic rings. The minimum Gasteiger partial charge on any atom is -0.465 e. The van der Waals surface area contributed by atoms with Crippen LogP contribution in [0.15, 0.2) is 54.7 Å². The van der Waals surface area contributed by atoms with Crippen molar-refractivity contribution in [1.82, 2.24) is 14.8 Å². The first-order valence-corrected chi connectivity index (χ1v) is 8.86. The number of aromatic nitrogens is 3. The molecule has 142 valence electrons. The summed E-state index contributed by atoms with van der Waals surface area (Å²) >= 11 is 0. The molecule has 0 aliphatic carbocycles. The number of nitrogens with zero attached hydrogens (tertiary/aromatic N) is 4. The van der Waals surface area contributed by atoms with E-state index in [1.54, 1.807) is 35.1 Å². The van der Waals surface area contributed by atoms with Gasteiger partial charge in [0.05, 0.1) is 29.6 Å². The topological polar surface area (TPSA) is 107 Å². The predicted molar refractivity (Wildman–Crippen MR) is 110 cm³/mol. The second kappa shape index (κ2) is 7.09. The number of carbonyl (C=O) groups is 1. The number of nitrogen functional groups attached to an aromatic ring is 1. The van der Waals surface area contributed by atoms with Gasteiger partial charge in [0.1, 0.15) is 11.8 Å². The van der Waals surface area contributed by atoms with Crippen molar-refractivity contribution in [1.29, 1.82) is 5.26 Å². The summed E-state index contributed by atoms with van der Waals surface area (Å²) in [6.07, 6.45) is 1.69. The van der Waals surface area contributed by atoms with Crippen LogP contribution < -0.4 is 5.73 Å². The highest BCUT2D eigenvalue weighted by Gasteiger charge is 2.16. The highest BCUT2D eigenvalue weighted by molar-refractivity contribution is 5.98. The molecule has 0 aliphatic rings. The van der Waals surface area contributed by atoms with Gasteiger partial charge >= 0.3 is 5.97 Å². The third kappa shape index (κ3) is 3.07. The van der Waals surface area contributed by atoms with Crippen molar-refractivity contribution >= 4 is 22.6 Å². The molecule has 0 atom stereocenters. The van der Waals surface area contributed by atoms with Gasteiger partial charge in [0, 0.05) is 22.8 Å². The van der Waals surface area contributed by atoms with E-state index in [1.807, 2.05) is 37.3 Å². The van der Waals surface area contributed by atoms with Gasteiger partial charge in [-0.15, -0.1) is 0 Å². The van der Waals surface area contributed by atoms with E-state index >= 15 is 0 Å². The fourth-order valence-electron chi connectivity index (χ4n) is 3.39. The zero-order valence-electron chi connectivity index (χ0n) is 15.9. The maximum Gasteiger partial charge on any atom is 0.339 e. The molecule has 0 saturated carbocycles. The van der Waals surface area contributed by atoms with Gasteiger partial charge in [-0.3, -0.25) is 0 Å². The number of carbonyl (C=O) groups excluding carboxylic acids is 1. The van der Waals surface area contributed by atoms with Crippen LogP contribution in [0, 0.1) is 18.3 Å². The monoisotopic (exact) mass is 383 g/mol. The lowest BCUT2D eigenvalue weighted by atomic mass is 10.0. The highest BCUT2D eigenvalue weighted by atomic mass is 16.5. The first-order valence-electron chi connectivity index (χ1n) is 8.86. The number of fused-ring (bicyclic) bond motifs is 1. The van der Waals surface area contributed by atoms with E-state index in [2.05, 4.69) is 10.1 Å². The molecule has 0 radical (unpaired) electrons.